The van der Waals surface area contributed by atoms with Crippen molar-refractivity contribution in [1.82, 2.24) is 5.32 Å². The molecule has 1 aliphatic rings. The number of carbonyl (C=O) groups excluding carboxylic acids is 1. The number of halogens is 2. The van der Waals surface area contributed by atoms with E-state index in [1.807, 2.05) is 24.3 Å². The van der Waals surface area contributed by atoms with Gasteiger partial charge in [0, 0.05) is 18.7 Å². The second-order valence-electron chi connectivity index (χ2n) is 6.06. The van der Waals surface area contributed by atoms with Crippen LogP contribution in [0.3, 0.4) is 0 Å². The summed E-state index contributed by atoms with van der Waals surface area (Å²) < 4.78 is 32.5. The van der Waals surface area contributed by atoms with Gasteiger partial charge in [0.2, 0.25) is 5.91 Å². The van der Waals surface area contributed by atoms with E-state index in [0.717, 1.165) is 23.3 Å². The summed E-state index contributed by atoms with van der Waals surface area (Å²) in [6.45, 7) is 1.61. The molecule has 2 aromatic carbocycles. The summed E-state index contributed by atoms with van der Waals surface area (Å²) in [5, 5.41) is 2.94. The van der Waals surface area contributed by atoms with Gasteiger partial charge in [-0.2, -0.15) is 0 Å². The SMILES string of the molecule is COC1c2ccccc2CC1NC(=O)[C@@H](C)c1ccc(F)cc1F. The Morgan fingerprint density at radius 3 is 2.71 bits per heavy atom. The normalized spacial score (nSPS) is 20.5. The van der Waals surface area contributed by atoms with Gasteiger partial charge >= 0.3 is 0 Å². The van der Waals surface area contributed by atoms with Crippen LogP contribution in [0.15, 0.2) is 42.5 Å². The lowest BCUT2D eigenvalue weighted by Crippen LogP contribution is -2.40. The molecule has 0 heterocycles. The Morgan fingerprint density at radius 1 is 1.25 bits per heavy atom. The van der Waals surface area contributed by atoms with Gasteiger partial charge < -0.3 is 10.1 Å². The molecule has 3 rings (SSSR count). The number of carbonyl (C=O) groups is 1. The Kier molecular flexibility index (Phi) is 4.62. The Bertz CT molecular complexity index is 763. The molecular weight excluding hydrogens is 312 g/mol. The van der Waals surface area contributed by atoms with Crippen LogP contribution in [0.1, 0.15) is 35.6 Å². The van der Waals surface area contributed by atoms with Crippen LogP contribution in [-0.2, 0) is 16.0 Å². The van der Waals surface area contributed by atoms with Gasteiger partial charge in [-0.3, -0.25) is 4.79 Å². The van der Waals surface area contributed by atoms with Crippen molar-refractivity contribution >= 4 is 5.91 Å². The van der Waals surface area contributed by atoms with Crippen molar-refractivity contribution in [3.05, 3.63) is 70.8 Å². The van der Waals surface area contributed by atoms with E-state index in [-0.39, 0.29) is 23.6 Å². The van der Waals surface area contributed by atoms with Crippen molar-refractivity contribution in [2.75, 3.05) is 7.11 Å². The topological polar surface area (TPSA) is 38.3 Å². The Morgan fingerprint density at radius 2 is 2.00 bits per heavy atom. The zero-order chi connectivity index (χ0) is 17.3. The Balaban J connectivity index is 1.75. The summed E-state index contributed by atoms with van der Waals surface area (Å²) >= 11 is 0. The van der Waals surface area contributed by atoms with Crippen molar-refractivity contribution < 1.29 is 18.3 Å². The first-order valence-corrected chi connectivity index (χ1v) is 7.87. The molecule has 24 heavy (non-hydrogen) atoms. The quantitative estimate of drug-likeness (QED) is 0.931. The maximum absolute atomic E-state index is 13.9. The number of ether oxygens (including phenoxy) is 1. The van der Waals surface area contributed by atoms with Gasteiger partial charge in [0.05, 0.1) is 12.0 Å². The summed E-state index contributed by atoms with van der Waals surface area (Å²) in [6, 6.07) is 10.9. The molecule has 0 bridgehead atoms. The highest BCUT2D eigenvalue weighted by molar-refractivity contribution is 5.83. The van der Waals surface area contributed by atoms with Crippen LogP contribution in [0, 0.1) is 11.6 Å². The summed E-state index contributed by atoms with van der Waals surface area (Å²) in [6.07, 6.45) is 0.439. The van der Waals surface area contributed by atoms with Crippen LogP contribution in [-0.4, -0.2) is 19.1 Å². The molecule has 0 saturated heterocycles. The van der Waals surface area contributed by atoms with E-state index in [2.05, 4.69) is 5.32 Å². The summed E-state index contributed by atoms with van der Waals surface area (Å²) in [7, 11) is 1.61. The molecule has 0 spiro atoms. The monoisotopic (exact) mass is 331 g/mol. The Hall–Kier alpha value is -2.27. The maximum atomic E-state index is 13.9. The van der Waals surface area contributed by atoms with Gasteiger partial charge in [-0.15, -0.1) is 0 Å². The lowest BCUT2D eigenvalue weighted by molar-refractivity contribution is -0.123. The molecule has 0 aliphatic heterocycles. The first-order chi connectivity index (χ1) is 11.5. The number of hydrogen-bond donors (Lipinski definition) is 1. The minimum Gasteiger partial charge on any atom is -0.375 e. The molecule has 3 nitrogen and oxygen atoms in total. The van der Waals surface area contributed by atoms with E-state index in [1.54, 1.807) is 14.0 Å². The average molecular weight is 331 g/mol. The minimum atomic E-state index is -0.716. The molecule has 0 fully saturated rings. The van der Waals surface area contributed by atoms with Crippen LogP contribution in [0.2, 0.25) is 0 Å². The molecular formula is C19H19F2NO2. The van der Waals surface area contributed by atoms with Crippen LogP contribution >= 0.6 is 0 Å². The van der Waals surface area contributed by atoms with E-state index in [1.165, 1.54) is 6.07 Å². The maximum Gasteiger partial charge on any atom is 0.227 e. The van der Waals surface area contributed by atoms with Crippen molar-refractivity contribution in [3.63, 3.8) is 0 Å². The zero-order valence-electron chi connectivity index (χ0n) is 13.6. The lowest BCUT2D eigenvalue weighted by Gasteiger charge is -2.22. The number of methoxy groups -OCH3 is 1. The van der Waals surface area contributed by atoms with E-state index in [4.69, 9.17) is 4.74 Å². The smallest absolute Gasteiger partial charge is 0.227 e. The molecule has 5 heteroatoms. The molecule has 3 atom stereocenters. The molecule has 126 valence electrons. The first-order valence-electron chi connectivity index (χ1n) is 7.87. The highest BCUT2D eigenvalue weighted by atomic mass is 19.1. The van der Waals surface area contributed by atoms with Crippen molar-refractivity contribution in [2.24, 2.45) is 0 Å². The molecule has 0 radical (unpaired) electrons. The number of amides is 1. The molecule has 0 aromatic heterocycles. The summed E-state index contributed by atoms with van der Waals surface area (Å²) in [5.74, 6) is -2.39. The fourth-order valence-corrected chi connectivity index (χ4v) is 3.28. The van der Waals surface area contributed by atoms with Gasteiger partial charge in [-0.1, -0.05) is 30.3 Å². The highest BCUT2D eigenvalue weighted by Gasteiger charge is 2.34. The van der Waals surface area contributed by atoms with Gasteiger partial charge in [-0.05, 0) is 30.5 Å². The van der Waals surface area contributed by atoms with Gasteiger partial charge in [0.1, 0.15) is 17.7 Å². The third-order valence-corrected chi connectivity index (χ3v) is 4.57. The second kappa shape index (κ2) is 6.69. The van der Waals surface area contributed by atoms with Gasteiger partial charge in [0.25, 0.3) is 0 Å². The van der Waals surface area contributed by atoms with Gasteiger partial charge in [-0.25, -0.2) is 8.78 Å². The molecule has 2 aromatic rings. The lowest BCUT2D eigenvalue weighted by atomic mass is 9.99. The number of nitrogens with one attached hydrogen (secondary N) is 1. The molecule has 1 aliphatic carbocycles. The van der Waals surface area contributed by atoms with Crippen LogP contribution < -0.4 is 5.32 Å². The fourth-order valence-electron chi connectivity index (χ4n) is 3.28. The summed E-state index contributed by atoms with van der Waals surface area (Å²) in [4.78, 5) is 12.5. The second-order valence-corrected chi connectivity index (χ2v) is 6.06. The van der Waals surface area contributed by atoms with Crippen LogP contribution in [0.5, 0.6) is 0 Å². The third-order valence-electron chi connectivity index (χ3n) is 4.57. The fraction of sp³-hybridized carbons (Fsp3) is 0.316. The molecule has 2 unspecified atom stereocenters. The summed E-state index contributed by atoms with van der Waals surface area (Å²) in [5.41, 5.74) is 2.37. The van der Waals surface area contributed by atoms with Crippen molar-refractivity contribution in [1.29, 1.82) is 0 Å². The number of hydrogen-bond acceptors (Lipinski definition) is 2. The zero-order valence-corrected chi connectivity index (χ0v) is 13.6. The predicted molar refractivity (Wildman–Crippen MR) is 86.6 cm³/mol. The van der Waals surface area contributed by atoms with E-state index < -0.39 is 17.6 Å². The van der Waals surface area contributed by atoms with E-state index >= 15 is 0 Å². The Labute approximate surface area is 139 Å². The predicted octanol–water partition coefficient (Wildman–Crippen LogP) is 3.50. The molecule has 0 saturated carbocycles. The largest absolute Gasteiger partial charge is 0.375 e. The van der Waals surface area contributed by atoms with Crippen LogP contribution in [0.4, 0.5) is 8.78 Å². The average Bonchev–Trinajstić information content (AvgIpc) is 2.91. The highest BCUT2D eigenvalue weighted by Crippen LogP contribution is 2.34. The van der Waals surface area contributed by atoms with E-state index in [0.29, 0.717) is 6.42 Å². The van der Waals surface area contributed by atoms with Crippen molar-refractivity contribution in [2.45, 2.75) is 31.4 Å². The first kappa shape index (κ1) is 16.6. The number of fused-ring (bicyclic) bond motifs is 1. The van der Waals surface area contributed by atoms with E-state index in [9.17, 15) is 13.6 Å². The molecule has 1 amide bonds. The van der Waals surface area contributed by atoms with Crippen LogP contribution in [0.25, 0.3) is 0 Å². The standard InChI is InChI=1S/C19H19F2NO2/c1-11(14-8-7-13(20)10-16(14)21)19(23)22-17-9-12-5-3-4-6-15(12)18(17)24-2/h3-8,10-11,17-18H,9H2,1-2H3,(H,22,23)/t11-,17?,18?/m0/s1. The van der Waals surface area contributed by atoms with Gasteiger partial charge in [0.15, 0.2) is 0 Å². The number of rotatable bonds is 4. The third kappa shape index (κ3) is 3.04. The van der Waals surface area contributed by atoms with Crippen molar-refractivity contribution in [3.8, 4) is 0 Å². The minimum absolute atomic E-state index is 0.179. The molecule has 1 N–H and O–H groups in total. The number of benzene rings is 2.